The van der Waals surface area contributed by atoms with E-state index in [1.165, 1.54) is 31.4 Å². The minimum atomic E-state index is -0.279. The first kappa shape index (κ1) is 23.6. The number of hydrogen-bond acceptors (Lipinski definition) is 4. The monoisotopic (exact) mass is 400 g/mol. The molecule has 1 aromatic carbocycles. The molecule has 0 spiro atoms. The Morgan fingerprint density at radius 3 is 2.21 bits per heavy atom. The summed E-state index contributed by atoms with van der Waals surface area (Å²) in [5.74, 6) is -0.188. The molecule has 0 aliphatic carbocycles. The van der Waals surface area contributed by atoms with Crippen LogP contribution in [-0.4, -0.2) is 56.1 Å². The van der Waals surface area contributed by atoms with Gasteiger partial charge in [0.15, 0.2) is 0 Å². The molecule has 162 valence electrons. The third-order valence-electron chi connectivity index (χ3n) is 6.28. The van der Waals surface area contributed by atoms with Crippen LogP contribution in [0.2, 0.25) is 0 Å². The summed E-state index contributed by atoms with van der Waals surface area (Å²) in [6.07, 6.45) is 8.66. The first-order valence-corrected chi connectivity index (χ1v) is 11.3. The molecule has 1 aromatic rings. The zero-order chi connectivity index (χ0) is 21.1. The lowest BCUT2D eigenvalue weighted by Gasteiger charge is -2.46. The van der Waals surface area contributed by atoms with Crippen molar-refractivity contribution in [1.29, 1.82) is 0 Å². The van der Waals surface area contributed by atoms with Crippen LogP contribution in [0.4, 0.5) is 5.69 Å². The molecule has 0 N–H and O–H groups in total. The minimum Gasteiger partial charge on any atom is -0.379 e. The number of ether oxygens (including phenoxy) is 1. The van der Waals surface area contributed by atoms with E-state index in [0.29, 0.717) is 0 Å². The van der Waals surface area contributed by atoms with E-state index in [4.69, 9.17) is 4.74 Å². The van der Waals surface area contributed by atoms with Crippen molar-refractivity contribution >= 4 is 12.0 Å². The van der Waals surface area contributed by atoms with Crippen molar-refractivity contribution in [2.45, 2.75) is 64.3 Å². The number of anilines is 1. The molecule has 2 unspecified atom stereocenters. The summed E-state index contributed by atoms with van der Waals surface area (Å²) in [6, 6.07) is 8.71. The van der Waals surface area contributed by atoms with Gasteiger partial charge < -0.3 is 14.4 Å². The molecule has 1 heterocycles. The second-order valence-corrected chi connectivity index (χ2v) is 8.35. The summed E-state index contributed by atoms with van der Waals surface area (Å²) in [7, 11) is 0. The van der Waals surface area contributed by atoms with Crippen molar-refractivity contribution in [1.82, 2.24) is 4.90 Å². The number of unbranched alkanes of at least 4 members (excludes halogenated alkanes) is 2. The molecule has 1 aliphatic rings. The maximum atomic E-state index is 12.3. The summed E-state index contributed by atoms with van der Waals surface area (Å²) in [5, 5.41) is 0. The first-order chi connectivity index (χ1) is 14.1. The molecule has 1 fully saturated rings. The summed E-state index contributed by atoms with van der Waals surface area (Å²) in [6.45, 7) is 16.0. The van der Waals surface area contributed by atoms with Crippen molar-refractivity contribution in [2.75, 3.05) is 44.3 Å². The number of aldehydes is 1. The highest BCUT2D eigenvalue weighted by molar-refractivity contribution is 5.66. The summed E-state index contributed by atoms with van der Waals surface area (Å²) >= 11 is 0. The number of rotatable bonds is 13. The zero-order valence-electron chi connectivity index (χ0n) is 18.7. The minimum absolute atomic E-state index is 0.188. The quantitative estimate of drug-likeness (QED) is 0.343. The Kier molecular flexibility index (Phi) is 9.89. The van der Waals surface area contributed by atoms with Crippen LogP contribution in [0.25, 0.3) is 0 Å². The molecule has 1 aliphatic heterocycles. The van der Waals surface area contributed by atoms with Gasteiger partial charge >= 0.3 is 0 Å². The highest BCUT2D eigenvalue weighted by Crippen LogP contribution is 2.36. The number of benzene rings is 1. The molecule has 1 saturated heterocycles. The molecule has 0 saturated carbocycles. The van der Waals surface area contributed by atoms with E-state index in [9.17, 15) is 4.79 Å². The van der Waals surface area contributed by atoms with E-state index in [0.717, 1.165) is 57.7 Å². The van der Waals surface area contributed by atoms with Crippen LogP contribution in [-0.2, 0) is 9.53 Å². The normalized spacial score (nSPS) is 18.0. The van der Waals surface area contributed by atoms with Gasteiger partial charge in [-0.1, -0.05) is 44.9 Å². The molecule has 4 nitrogen and oxygen atoms in total. The van der Waals surface area contributed by atoms with Gasteiger partial charge in [0.1, 0.15) is 6.29 Å². The first-order valence-electron chi connectivity index (χ1n) is 11.3. The van der Waals surface area contributed by atoms with Crippen molar-refractivity contribution in [3.05, 3.63) is 42.5 Å². The third kappa shape index (κ3) is 6.16. The fourth-order valence-electron chi connectivity index (χ4n) is 4.36. The third-order valence-corrected chi connectivity index (χ3v) is 6.28. The molecule has 0 bridgehead atoms. The lowest BCUT2D eigenvalue weighted by molar-refractivity contribution is -0.113. The number of morpholine rings is 1. The van der Waals surface area contributed by atoms with Gasteiger partial charge in [0.2, 0.25) is 0 Å². The molecule has 0 amide bonds. The molecular weight excluding hydrogens is 360 g/mol. The average Bonchev–Trinajstić information content (AvgIpc) is 2.76. The Labute approximate surface area is 177 Å². The molecule has 2 atom stereocenters. The second kappa shape index (κ2) is 12.1. The average molecular weight is 401 g/mol. The molecule has 2 rings (SSSR count). The van der Waals surface area contributed by atoms with Crippen LogP contribution in [0.1, 0.15) is 64.4 Å². The number of nitrogens with zero attached hydrogens (tertiary/aromatic N) is 2. The topological polar surface area (TPSA) is 32.8 Å². The van der Waals surface area contributed by atoms with Crippen LogP contribution in [0, 0.1) is 0 Å². The zero-order valence-corrected chi connectivity index (χ0v) is 18.7. The maximum Gasteiger partial charge on any atom is 0.129 e. The smallest absolute Gasteiger partial charge is 0.129 e. The van der Waals surface area contributed by atoms with Gasteiger partial charge in [0.05, 0.1) is 19.1 Å². The molecule has 0 aromatic heterocycles. The van der Waals surface area contributed by atoms with Gasteiger partial charge in [-0.15, -0.1) is 6.58 Å². The highest BCUT2D eigenvalue weighted by Gasteiger charge is 2.40. The lowest BCUT2D eigenvalue weighted by atomic mass is 9.77. The summed E-state index contributed by atoms with van der Waals surface area (Å²) in [5.41, 5.74) is 2.07. The van der Waals surface area contributed by atoms with Crippen LogP contribution >= 0.6 is 0 Å². The fourth-order valence-corrected chi connectivity index (χ4v) is 4.36. The summed E-state index contributed by atoms with van der Waals surface area (Å²) in [4.78, 5) is 17.2. The predicted molar refractivity (Wildman–Crippen MR) is 123 cm³/mol. The van der Waals surface area contributed by atoms with E-state index < -0.39 is 0 Å². The molecule has 4 heteroatoms. The van der Waals surface area contributed by atoms with E-state index in [1.807, 2.05) is 6.08 Å². The molecule has 0 radical (unpaired) electrons. The van der Waals surface area contributed by atoms with Gasteiger partial charge in [-0.05, 0) is 43.9 Å². The molecule has 29 heavy (non-hydrogen) atoms. The van der Waals surface area contributed by atoms with E-state index in [2.05, 4.69) is 61.4 Å². The van der Waals surface area contributed by atoms with Crippen molar-refractivity contribution in [2.24, 2.45) is 0 Å². The van der Waals surface area contributed by atoms with Crippen molar-refractivity contribution < 1.29 is 9.53 Å². The Balaban J connectivity index is 2.24. The van der Waals surface area contributed by atoms with Gasteiger partial charge in [0.25, 0.3) is 0 Å². The van der Waals surface area contributed by atoms with E-state index in [1.54, 1.807) is 0 Å². The van der Waals surface area contributed by atoms with Crippen LogP contribution in [0.15, 0.2) is 36.9 Å². The fraction of sp³-hybridized carbons (Fsp3) is 0.640. The summed E-state index contributed by atoms with van der Waals surface area (Å²) < 4.78 is 5.54. The Morgan fingerprint density at radius 2 is 1.72 bits per heavy atom. The Morgan fingerprint density at radius 1 is 1.14 bits per heavy atom. The highest BCUT2D eigenvalue weighted by atomic mass is 16.5. The maximum absolute atomic E-state index is 12.3. The van der Waals surface area contributed by atoms with Gasteiger partial charge in [-0.25, -0.2) is 0 Å². The van der Waals surface area contributed by atoms with Crippen molar-refractivity contribution in [3.63, 3.8) is 0 Å². The number of carbonyl (C=O) groups excluding carboxylic acids is 1. The van der Waals surface area contributed by atoms with Crippen LogP contribution in [0.3, 0.4) is 0 Å². The SMILES string of the molecule is C=CCC(C)(C(C=O)c1ccc(N(CCCC)CCCC)cc1)N1CCOCC1. The van der Waals surface area contributed by atoms with Crippen molar-refractivity contribution in [3.8, 4) is 0 Å². The van der Waals surface area contributed by atoms with Gasteiger partial charge in [-0.3, -0.25) is 4.90 Å². The largest absolute Gasteiger partial charge is 0.379 e. The number of carbonyl (C=O) groups is 1. The van der Waals surface area contributed by atoms with Crippen LogP contribution in [0.5, 0.6) is 0 Å². The standard InChI is InChI=1S/C25H40N2O2/c1-5-8-15-26(16-9-6-2)23-12-10-22(11-13-23)24(21-28)25(4,14-7-3)27-17-19-29-20-18-27/h7,10-13,21,24H,3,5-6,8-9,14-20H2,1-2,4H3. The molecular formula is C25H40N2O2. The second-order valence-electron chi connectivity index (χ2n) is 8.35. The Hall–Kier alpha value is -1.65. The Bertz CT molecular complexity index is 602. The van der Waals surface area contributed by atoms with Crippen LogP contribution < -0.4 is 4.90 Å². The van der Waals surface area contributed by atoms with Gasteiger partial charge in [0, 0.05) is 37.4 Å². The van der Waals surface area contributed by atoms with E-state index >= 15 is 0 Å². The van der Waals surface area contributed by atoms with E-state index in [-0.39, 0.29) is 11.5 Å². The van der Waals surface area contributed by atoms with Gasteiger partial charge in [-0.2, -0.15) is 0 Å². The number of hydrogen-bond donors (Lipinski definition) is 0. The lowest BCUT2D eigenvalue weighted by Crippen LogP contribution is -2.55. The predicted octanol–water partition coefficient (Wildman–Crippen LogP) is 5.04.